The second kappa shape index (κ2) is 8.02. The highest BCUT2D eigenvalue weighted by Crippen LogP contribution is 2.34. The van der Waals surface area contributed by atoms with Gasteiger partial charge in [0.15, 0.2) is 11.5 Å². The van der Waals surface area contributed by atoms with Crippen LogP contribution in [0.2, 0.25) is 0 Å². The average molecular weight is 403 g/mol. The molecule has 0 aliphatic rings. The van der Waals surface area contributed by atoms with Crippen molar-refractivity contribution in [2.24, 2.45) is 0 Å². The van der Waals surface area contributed by atoms with Crippen LogP contribution in [-0.4, -0.2) is 22.0 Å². The maximum absolute atomic E-state index is 5.98. The third-order valence-electron chi connectivity index (χ3n) is 3.85. The Morgan fingerprint density at radius 3 is 2.56 bits per heavy atom. The molecule has 0 aliphatic carbocycles. The van der Waals surface area contributed by atoms with E-state index in [0.717, 1.165) is 15.6 Å². The lowest BCUT2D eigenvalue weighted by atomic mass is 10.1. The normalized spacial score (nSPS) is 10.5. The van der Waals surface area contributed by atoms with Gasteiger partial charge < -0.3 is 14.9 Å². The van der Waals surface area contributed by atoms with Gasteiger partial charge in [0.25, 0.3) is 0 Å². The van der Waals surface area contributed by atoms with Crippen LogP contribution in [0.5, 0.6) is 11.5 Å². The van der Waals surface area contributed by atoms with E-state index in [1.165, 1.54) is 5.56 Å². The van der Waals surface area contributed by atoms with Crippen LogP contribution in [0, 0.1) is 6.92 Å². The van der Waals surface area contributed by atoms with Crippen LogP contribution in [0.1, 0.15) is 16.7 Å². The lowest BCUT2D eigenvalue weighted by molar-refractivity contribution is 0.283. The molecule has 3 aromatic rings. The summed E-state index contributed by atoms with van der Waals surface area (Å²) >= 11 is 3.60. The van der Waals surface area contributed by atoms with Gasteiger partial charge in [-0.1, -0.05) is 40.2 Å². The van der Waals surface area contributed by atoms with E-state index >= 15 is 0 Å². The van der Waals surface area contributed by atoms with E-state index in [1.54, 1.807) is 24.4 Å². The highest BCUT2D eigenvalue weighted by molar-refractivity contribution is 9.10. The van der Waals surface area contributed by atoms with Crippen molar-refractivity contribution in [2.45, 2.75) is 20.1 Å². The summed E-state index contributed by atoms with van der Waals surface area (Å²) in [5.74, 6) is 1.39. The van der Waals surface area contributed by atoms with Crippen molar-refractivity contribution in [2.75, 3.05) is 12.5 Å². The largest absolute Gasteiger partial charge is 0.493 e. The minimum Gasteiger partial charge on any atom is -0.493 e. The molecule has 6 nitrogen and oxygen atoms in total. The Balaban J connectivity index is 1.73. The van der Waals surface area contributed by atoms with Gasteiger partial charge in [0.05, 0.1) is 13.7 Å². The monoisotopic (exact) mass is 402 g/mol. The molecule has 0 atom stereocenters. The molecule has 1 heterocycles. The van der Waals surface area contributed by atoms with Gasteiger partial charge in [-0.15, -0.1) is 10.2 Å². The van der Waals surface area contributed by atoms with Crippen LogP contribution in [0.3, 0.4) is 0 Å². The Labute approximate surface area is 154 Å². The van der Waals surface area contributed by atoms with Gasteiger partial charge in [-0.05, 0) is 35.7 Å². The number of hydrogen-bond acceptors (Lipinski definition) is 5. The minimum atomic E-state index is 0.494. The Morgan fingerprint density at radius 1 is 1.08 bits per heavy atom. The maximum atomic E-state index is 5.98. The molecular weight excluding hydrogens is 384 g/mol. The maximum Gasteiger partial charge on any atom is 0.162 e. The predicted molar refractivity (Wildman–Crippen MR) is 99.3 cm³/mol. The Morgan fingerprint density at radius 2 is 1.84 bits per heavy atom. The zero-order valence-corrected chi connectivity index (χ0v) is 15.7. The molecule has 130 valence electrons. The number of aromatic nitrogens is 3. The first-order chi connectivity index (χ1) is 12.2. The Hall–Kier alpha value is -2.54. The predicted octanol–water partition coefficient (Wildman–Crippen LogP) is 3.68. The van der Waals surface area contributed by atoms with Gasteiger partial charge in [-0.3, -0.25) is 0 Å². The van der Waals surface area contributed by atoms with Crippen molar-refractivity contribution in [1.29, 1.82) is 0 Å². The van der Waals surface area contributed by atoms with Crippen molar-refractivity contribution in [3.63, 3.8) is 0 Å². The number of hydrogen-bond donors (Lipinski definition) is 1. The van der Waals surface area contributed by atoms with E-state index in [9.17, 15) is 0 Å². The molecular formula is C18H19BrN4O2. The topological polar surface area (TPSA) is 61.2 Å². The van der Waals surface area contributed by atoms with Crippen LogP contribution in [-0.2, 0) is 13.2 Å². The van der Waals surface area contributed by atoms with E-state index in [-0.39, 0.29) is 0 Å². The van der Waals surface area contributed by atoms with Gasteiger partial charge in [0, 0.05) is 4.47 Å². The SMILES string of the molecule is COc1cc(CNn2cnnc2)c(Br)cc1OCc1ccccc1C. The summed E-state index contributed by atoms with van der Waals surface area (Å²) in [4.78, 5) is 0. The number of methoxy groups -OCH3 is 1. The summed E-state index contributed by atoms with van der Waals surface area (Å²) < 4.78 is 14.1. The van der Waals surface area contributed by atoms with Gasteiger partial charge in [-0.2, -0.15) is 0 Å². The number of aryl methyl sites for hydroxylation is 1. The number of nitrogens with zero attached hydrogens (tertiary/aromatic N) is 3. The molecule has 0 saturated carbocycles. The van der Waals surface area contributed by atoms with E-state index in [2.05, 4.69) is 50.6 Å². The van der Waals surface area contributed by atoms with Gasteiger partial charge in [0.2, 0.25) is 0 Å². The minimum absolute atomic E-state index is 0.494. The zero-order valence-electron chi connectivity index (χ0n) is 14.1. The number of rotatable bonds is 7. The van der Waals surface area contributed by atoms with E-state index < -0.39 is 0 Å². The Kier molecular flexibility index (Phi) is 5.55. The first kappa shape index (κ1) is 17.3. The zero-order chi connectivity index (χ0) is 17.6. The molecule has 0 saturated heterocycles. The second-order valence-electron chi connectivity index (χ2n) is 5.51. The molecule has 0 aliphatic heterocycles. The third-order valence-corrected chi connectivity index (χ3v) is 4.59. The molecule has 0 spiro atoms. The second-order valence-corrected chi connectivity index (χ2v) is 6.37. The van der Waals surface area contributed by atoms with Crippen molar-refractivity contribution >= 4 is 15.9 Å². The molecule has 1 N–H and O–H groups in total. The van der Waals surface area contributed by atoms with Crippen molar-refractivity contribution < 1.29 is 9.47 Å². The molecule has 0 unspecified atom stereocenters. The number of nitrogens with one attached hydrogen (secondary N) is 1. The molecule has 0 amide bonds. The fraction of sp³-hybridized carbons (Fsp3) is 0.222. The van der Waals surface area contributed by atoms with Crippen molar-refractivity contribution in [3.8, 4) is 11.5 Å². The summed E-state index contributed by atoms with van der Waals surface area (Å²) in [7, 11) is 1.64. The number of halogens is 1. The first-order valence-corrected chi connectivity index (χ1v) is 8.59. The molecule has 3 rings (SSSR count). The summed E-state index contributed by atoms with van der Waals surface area (Å²) in [5.41, 5.74) is 6.57. The first-order valence-electron chi connectivity index (χ1n) is 7.79. The molecule has 0 radical (unpaired) electrons. The highest BCUT2D eigenvalue weighted by Gasteiger charge is 2.11. The van der Waals surface area contributed by atoms with Gasteiger partial charge in [-0.25, -0.2) is 4.68 Å². The number of benzene rings is 2. The summed E-state index contributed by atoms with van der Waals surface area (Å²) in [5, 5.41) is 7.52. The van der Waals surface area contributed by atoms with E-state index in [0.29, 0.717) is 24.7 Å². The fourth-order valence-corrected chi connectivity index (χ4v) is 2.83. The van der Waals surface area contributed by atoms with Crippen LogP contribution < -0.4 is 14.9 Å². The highest BCUT2D eigenvalue weighted by atomic mass is 79.9. The molecule has 0 bridgehead atoms. The smallest absolute Gasteiger partial charge is 0.162 e. The average Bonchev–Trinajstić information content (AvgIpc) is 3.13. The standard InChI is InChI=1S/C18H19BrN4O2/c1-13-5-3-4-6-14(13)10-25-18-8-16(19)15(7-17(18)24-2)9-22-23-11-20-21-12-23/h3-8,11-12,22H,9-10H2,1-2H3. The lowest BCUT2D eigenvalue weighted by Gasteiger charge is -2.15. The lowest BCUT2D eigenvalue weighted by Crippen LogP contribution is -2.12. The molecule has 0 fully saturated rings. The van der Waals surface area contributed by atoms with Crippen LogP contribution in [0.15, 0.2) is 53.5 Å². The van der Waals surface area contributed by atoms with E-state index in [4.69, 9.17) is 9.47 Å². The van der Waals surface area contributed by atoms with Crippen molar-refractivity contribution in [1.82, 2.24) is 14.9 Å². The van der Waals surface area contributed by atoms with Crippen molar-refractivity contribution in [3.05, 3.63) is 70.2 Å². The summed E-state index contributed by atoms with van der Waals surface area (Å²) in [6.45, 7) is 3.16. The van der Waals surface area contributed by atoms with Gasteiger partial charge >= 0.3 is 0 Å². The Bertz CT molecular complexity index is 837. The summed E-state index contributed by atoms with van der Waals surface area (Å²) in [6, 6.07) is 12.1. The molecule has 25 heavy (non-hydrogen) atoms. The number of ether oxygens (including phenoxy) is 2. The molecule has 1 aromatic heterocycles. The fourth-order valence-electron chi connectivity index (χ4n) is 2.37. The van der Waals surface area contributed by atoms with Crippen LogP contribution in [0.4, 0.5) is 0 Å². The summed E-state index contributed by atoms with van der Waals surface area (Å²) in [6.07, 6.45) is 3.20. The van der Waals surface area contributed by atoms with Gasteiger partial charge in [0.1, 0.15) is 19.3 Å². The van der Waals surface area contributed by atoms with Crippen LogP contribution in [0.25, 0.3) is 0 Å². The molecule has 2 aromatic carbocycles. The van der Waals surface area contributed by atoms with Crippen LogP contribution >= 0.6 is 15.9 Å². The van der Waals surface area contributed by atoms with E-state index in [1.807, 2.05) is 24.3 Å². The molecule has 7 heteroatoms. The quantitative estimate of drug-likeness (QED) is 0.652. The third kappa shape index (κ3) is 4.30.